The Bertz CT molecular complexity index is 393. The molecule has 100 valence electrons. The number of hydrogen-bond donors (Lipinski definition) is 0. The van der Waals surface area contributed by atoms with Crippen molar-refractivity contribution in [2.24, 2.45) is 0 Å². The fraction of sp³-hybridized carbons (Fsp3) is 0.571. The molecular weight excluding hydrogens is 228 g/mol. The SMILES string of the molecule is CCOC(=O)CN(C)c1ccc(C(C)(C)C)cn1. The van der Waals surface area contributed by atoms with Crippen molar-refractivity contribution in [3.8, 4) is 0 Å². The Morgan fingerprint density at radius 2 is 2.06 bits per heavy atom. The summed E-state index contributed by atoms with van der Waals surface area (Å²) in [6.45, 7) is 8.86. The van der Waals surface area contributed by atoms with E-state index >= 15 is 0 Å². The van der Waals surface area contributed by atoms with Gasteiger partial charge in [-0.05, 0) is 24.0 Å². The molecule has 0 N–H and O–H groups in total. The molecule has 0 radical (unpaired) electrons. The van der Waals surface area contributed by atoms with Crippen LogP contribution in [0.15, 0.2) is 18.3 Å². The van der Waals surface area contributed by atoms with Crippen LogP contribution in [-0.4, -0.2) is 31.2 Å². The highest BCUT2D eigenvalue weighted by molar-refractivity contribution is 5.75. The van der Waals surface area contributed by atoms with Crippen LogP contribution in [0, 0.1) is 0 Å². The van der Waals surface area contributed by atoms with Crippen molar-refractivity contribution in [2.45, 2.75) is 33.1 Å². The van der Waals surface area contributed by atoms with E-state index in [9.17, 15) is 4.79 Å². The monoisotopic (exact) mass is 250 g/mol. The zero-order valence-electron chi connectivity index (χ0n) is 11.9. The predicted molar refractivity (Wildman–Crippen MR) is 72.8 cm³/mol. The predicted octanol–water partition coefficient (Wildman–Crippen LogP) is 2.38. The minimum absolute atomic E-state index is 0.0885. The van der Waals surface area contributed by atoms with Crippen LogP contribution in [0.5, 0.6) is 0 Å². The number of anilines is 1. The zero-order valence-corrected chi connectivity index (χ0v) is 11.9. The quantitative estimate of drug-likeness (QED) is 0.769. The molecule has 1 aromatic heterocycles. The Morgan fingerprint density at radius 3 is 2.50 bits per heavy atom. The summed E-state index contributed by atoms with van der Waals surface area (Å²) in [6, 6.07) is 3.98. The van der Waals surface area contributed by atoms with E-state index in [1.807, 2.05) is 25.4 Å². The summed E-state index contributed by atoms with van der Waals surface area (Å²) < 4.78 is 4.90. The van der Waals surface area contributed by atoms with E-state index in [-0.39, 0.29) is 17.9 Å². The molecule has 0 bridgehead atoms. The molecule has 18 heavy (non-hydrogen) atoms. The molecule has 0 aliphatic carbocycles. The van der Waals surface area contributed by atoms with Crippen molar-refractivity contribution >= 4 is 11.8 Å². The second-order valence-corrected chi connectivity index (χ2v) is 5.32. The molecule has 1 rings (SSSR count). The van der Waals surface area contributed by atoms with Crippen LogP contribution in [0.25, 0.3) is 0 Å². The number of esters is 1. The highest BCUT2D eigenvalue weighted by Crippen LogP contribution is 2.22. The fourth-order valence-corrected chi connectivity index (χ4v) is 1.54. The molecule has 4 heteroatoms. The van der Waals surface area contributed by atoms with Gasteiger partial charge < -0.3 is 9.64 Å². The highest BCUT2D eigenvalue weighted by Gasteiger charge is 2.15. The standard InChI is InChI=1S/C14H22N2O2/c1-6-18-13(17)10-16(5)12-8-7-11(9-15-12)14(2,3)4/h7-9H,6,10H2,1-5H3. The lowest BCUT2D eigenvalue weighted by molar-refractivity contribution is -0.141. The van der Waals surface area contributed by atoms with Crippen molar-refractivity contribution in [3.63, 3.8) is 0 Å². The van der Waals surface area contributed by atoms with Gasteiger partial charge in [-0.15, -0.1) is 0 Å². The van der Waals surface area contributed by atoms with Gasteiger partial charge in [0.15, 0.2) is 0 Å². The highest BCUT2D eigenvalue weighted by atomic mass is 16.5. The van der Waals surface area contributed by atoms with Crippen molar-refractivity contribution in [1.82, 2.24) is 4.98 Å². The number of carbonyl (C=O) groups excluding carboxylic acids is 1. The Morgan fingerprint density at radius 1 is 1.39 bits per heavy atom. The van der Waals surface area contributed by atoms with Gasteiger partial charge in [-0.3, -0.25) is 4.79 Å². The minimum Gasteiger partial charge on any atom is -0.465 e. The Labute approximate surface area is 109 Å². The van der Waals surface area contributed by atoms with Crippen molar-refractivity contribution in [1.29, 1.82) is 0 Å². The lowest BCUT2D eigenvalue weighted by Gasteiger charge is -2.21. The second-order valence-electron chi connectivity index (χ2n) is 5.32. The van der Waals surface area contributed by atoms with Gasteiger partial charge in [0.25, 0.3) is 0 Å². The normalized spacial score (nSPS) is 11.2. The van der Waals surface area contributed by atoms with Crippen molar-refractivity contribution < 1.29 is 9.53 Å². The van der Waals surface area contributed by atoms with Crippen LogP contribution >= 0.6 is 0 Å². The smallest absolute Gasteiger partial charge is 0.325 e. The minimum atomic E-state index is -0.235. The molecule has 4 nitrogen and oxygen atoms in total. The average molecular weight is 250 g/mol. The first kappa shape index (κ1) is 14.5. The number of hydrogen-bond acceptors (Lipinski definition) is 4. The topological polar surface area (TPSA) is 42.4 Å². The van der Waals surface area contributed by atoms with E-state index in [1.54, 1.807) is 11.8 Å². The number of ether oxygens (including phenoxy) is 1. The van der Waals surface area contributed by atoms with Gasteiger partial charge in [0, 0.05) is 13.2 Å². The summed E-state index contributed by atoms with van der Waals surface area (Å²) >= 11 is 0. The zero-order chi connectivity index (χ0) is 13.8. The Hall–Kier alpha value is -1.58. The maximum Gasteiger partial charge on any atom is 0.325 e. The lowest BCUT2D eigenvalue weighted by Crippen LogP contribution is -2.28. The summed E-state index contributed by atoms with van der Waals surface area (Å²) in [6.07, 6.45) is 1.86. The Kier molecular flexibility index (Phi) is 4.70. The molecule has 0 unspecified atom stereocenters. The van der Waals surface area contributed by atoms with Gasteiger partial charge >= 0.3 is 5.97 Å². The molecule has 0 fully saturated rings. The van der Waals surface area contributed by atoms with Gasteiger partial charge in [0.05, 0.1) is 6.61 Å². The van der Waals surface area contributed by atoms with Crippen LogP contribution in [0.4, 0.5) is 5.82 Å². The summed E-state index contributed by atoms with van der Waals surface area (Å²) in [7, 11) is 1.83. The van der Waals surface area contributed by atoms with Gasteiger partial charge in [-0.25, -0.2) is 4.98 Å². The number of nitrogens with zero attached hydrogens (tertiary/aromatic N) is 2. The molecule has 0 aliphatic rings. The first-order chi connectivity index (χ1) is 8.34. The largest absolute Gasteiger partial charge is 0.465 e. The summed E-state index contributed by atoms with van der Waals surface area (Å²) in [5, 5.41) is 0. The van der Waals surface area contributed by atoms with Crippen LogP contribution in [0.1, 0.15) is 33.3 Å². The van der Waals surface area contributed by atoms with Crippen LogP contribution in [-0.2, 0) is 14.9 Å². The Balaban J connectivity index is 2.70. The van der Waals surface area contributed by atoms with Gasteiger partial charge in [0.1, 0.15) is 12.4 Å². The van der Waals surface area contributed by atoms with E-state index < -0.39 is 0 Å². The molecule has 0 aromatic carbocycles. The number of likely N-dealkylation sites (N-methyl/N-ethyl adjacent to an activating group) is 1. The van der Waals surface area contributed by atoms with Gasteiger partial charge in [0.2, 0.25) is 0 Å². The third-order valence-corrected chi connectivity index (χ3v) is 2.68. The molecule has 0 spiro atoms. The van der Waals surface area contributed by atoms with Crippen molar-refractivity contribution in [3.05, 3.63) is 23.9 Å². The van der Waals surface area contributed by atoms with Gasteiger partial charge in [-0.2, -0.15) is 0 Å². The van der Waals surface area contributed by atoms with E-state index in [1.165, 1.54) is 5.56 Å². The summed E-state index contributed by atoms with van der Waals surface area (Å²) in [5.41, 5.74) is 1.27. The van der Waals surface area contributed by atoms with Crippen LogP contribution < -0.4 is 4.90 Å². The van der Waals surface area contributed by atoms with Gasteiger partial charge in [-0.1, -0.05) is 26.8 Å². The maximum absolute atomic E-state index is 11.4. The fourth-order valence-electron chi connectivity index (χ4n) is 1.54. The average Bonchev–Trinajstić information content (AvgIpc) is 2.28. The number of carbonyl (C=O) groups is 1. The van der Waals surface area contributed by atoms with E-state index in [2.05, 4.69) is 25.8 Å². The third kappa shape index (κ3) is 4.02. The number of rotatable bonds is 4. The number of pyridine rings is 1. The molecule has 0 aliphatic heterocycles. The molecule has 0 amide bonds. The van der Waals surface area contributed by atoms with E-state index in [0.29, 0.717) is 6.61 Å². The number of aromatic nitrogens is 1. The van der Waals surface area contributed by atoms with Crippen LogP contribution in [0.2, 0.25) is 0 Å². The van der Waals surface area contributed by atoms with Crippen LogP contribution in [0.3, 0.4) is 0 Å². The second kappa shape index (κ2) is 5.85. The lowest BCUT2D eigenvalue weighted by atomic mass is 9.88. The summed E-state index contributed by atoms with van der Waals surface area (Å²) in [4.78, 5) is 17.5. The first-order valence-electron chi connectivity index (χ1n) is 6.18. The summed E-state index contributed by atoms with van der Waals surface area (Å²) in [5.74, 6) is 0.540. The van der Waals surface area contributed by atoms with E-state index in [4.69, 9.17) is 4.74 Å². The molecule has 1 heterocycles. The van der Waals surface area contributed by atoms with Crippen molar-refractivity contribution in [2.75, 3.05) is 25.1 Å². The molecular formula is C14H22N2O2. The third-order valence-electron chi connectivity index (χ3n) is 2.68. The first-order valence-corrected chi connectivity index (χ1v) is 6.18. The molecule has 0 atom stereocenters. The van der Waals surface area contributed by atoms with E-state index in [0.717, 1.165) is 5.82 Å². The molecule has 1 aromatic rings. The maximum atomic E-state index is 11.4. The molecule has 0 saturated carbocycles. The molecule has 0 saturated heterocycles.